The van der Waals surface area contributed by atoms with E-state index in [4.69, 9.17) is 0 Å². The first kappa shape index (κ1) is 16.5. The first-order valence-corrected chi connectivity index (χ1v) is 8.63. The molecule has 1 unspecified atom stereocenters. The molecule has 1 atom stereocenters. The third-order valence-corrected chi connectivity index (χ3v) is 4.93. The van der Waals surface area contributed by atoms with Crippen molar-refractivity contribution < 1.29 is 9.18 Å². The number of amides is 1. The van der Waals surface area contributed by atoms with Crippen LogP contribution in [0.25, 0.3) is 10.9 Å². The minimum absolute atomic E-state index is 0.202. The lowest BCUT2D eigenvalue weighted by Gasteiger charge is -2.15. The number of nitrogens with zero attached hydrogens (tertiary/aromatic N) is 1. The van der Waals surface area contributed by atoms with E-state index in [-0.39, 0.29) is 16.8 Å². The Labute approximate surface area is 144 Å². The number of anilines is 1. The van der Waals surface area contributed by atoms with Gasteiger partial charge < -0.3 is 5.32 Å². The summed E-state index contributed by atoms with van der Waals surface area (Å²) in [5.41, 5.74) is 1.10. The molecule has 3 nitrogen and oxygen atoms in total. The van der Waals surface area contributed by atoms with Gasteiger partial charge in [-0.15, -0.1) is 0 Å². The molecule has 5 heteroatoms. The Morgan fingerprint density at radius 1 is 1.12 bits per heavy atom. The van der Waals surface area contributed by atoms with Crippen molar-refractivity contribution in [2.75, 3.05) is 5.32 Å². The van der Waals surface area contributed by atoms with Crippen LogP contribution in [-0.2, 0) is 4.79 Å². The Morgan fingerprint density at radius 2 is 1.88 bits per heavy atom. The van der Waals surface area contributed by atoms with Gasteiger partial charge in [0.15, 0.2) is 0 Å². The molecule has 0 fully saturated rings. The normalized spacial score (nSPS) is 12.1. The van der Waals surface area contributed by atoms with E-state index in [1.807, 2.05) is 43.3 Å². The van der Waals surface area contributed by atoms with E-state index in [0.29, 0.717) is 6.42 Å². The van der Waals surface area contributed by atoms with Crippen LogP contribution in [0.3, 0.4) is 0 Å². The molecule has 0 radical (unpaired) electrons. The summed E-state index contributed by atoms with van der Waals surface area (Å²) in [4.78, 5) is 17.0. The van der Waals surface area contributed by atoms with Crippen molar-refractivity contribution in [3.8, 4) is 0 Å². The number of rotatable bonds is 5. The van der Waals surface area contributed by atoms with Gasteiger partial charge >= 0.3 is 0 Å². The monoisotopic (exact) mass is 340 g/mol. The number of fused-ring (bicyclic) bond motifs is 1. The van der Waals surface area contributed by atoms with Crippen LogP contribution in [0.15, 0.2) is 65.7 Å². The van der Waals surface area contributed by atoms with Gasteiger partial charge in [0.2, 0.25) is 5.91 Å². The molecule has 0 aliphatic carbocycles. The summed E-state index contributed by atoms with van der Waals surface area (Å²) in [7, 11) is 0. The van der Waals surface area contributed by atoms with Crippen LogP contribution in [0.2, 0.25) is 0 Å². The number of para-hydroxylation sites is 2. The standard InChI is InChI=1S/C19H17FN2OS/c1-2-17(19(23)22-16-10-6-4-8-14(16)20)24-18-12-11-13-7-3-5-9-15(13)21-18/h3-12,17H,2H2,1H3,(H,22,23). The Balaban J connectivity index is 1.75. The predicted octanol–water partition coefficient (Wildman–Crippen LogP) is 4.88. The van der Waals surface area contributed by atoms with Crippen molar-refractivity contribution in [2.45, 2.75) is 23.6 Å². The maximum absolute atomic E-state index is 13.7. The van der Waals surface area contributed by atoms with Crippen molar-refractivity contribution in [1.82, 2.24) is 4.98 Å². The number of thioether (sulfide) groups is 1. The van der Waals surface area contributed by atoms with Gasteiger partial charge in [-0.25, -0.2) is 9.37 Å². The number of hydrogen-bond donors (Lipinski definition) is 1. The number of carbonyl (C=O) groups is 1. The number of pyridine rings is 1. The zero-order valence-corrected chi connectivity index (χ0v) is 14.0. The van der Waals surface area contributed by atoms with Crippen LogP contribution in [0, 0.1) is 5.82 Å². The Morgan fingerprint density at radius 3 is 2.67 bits per heavy atom. The molecule has 3 rings (SSSR count). The predicted molar refractivity (Wildman–Crippen MR) is 96.7 cm³/mol. The van der Waals surface area contributed by atoms with Gasteiger partial charge in [0, 0.05) is 5.39 Å². The second kappa shape index (κ2) is 7.45. The molecule has 1 aromatic heterocycles. The summed E-state index contributed by atoms with van der Waals surface area (Å²) >= 11 is 1.39. The van der Waals surface area contributed by atoms with Gasteiger partial charge in [-0.2, -0.15) is 0 Å². The van der Waals surface area contributed by atoms with Crippen molar-refractivity contribution in [1.29, 1.82) is 0 Å². The van der Waals surface area contributed by atoms with Gasteiger partial charge in [0.05, 0.1) is 21.5 Å². The molecule has 122 valence electrons. The number of aromatic nitrogens is 1. The maximum Gasteiger partial charge on any atom is 0.237 e. The van der Waals surface area contributed by atoms with Gasteiger partial charge in [-0.1, -0.05) is 55.1 Å². The lowest BCUT2D eigenvalue weighted by atomic mass is 10.2. The molecular formula is C19H17FN2OS. The fraction of sp³-hybridized carbons (Fsp3) is 0.158. The van der Waals surface area contributed by atoms with E-state index in [9.17, 15) is 9.18 Å². The lowest BCUT2D eigenvalue weighted by Crippen LogP contribution is -2.25. The number of nitrogens with one attached hydrogen (secondary N) is 1. The molecule has 1 heterocycles. The van der Waals surface area contributed by atoms with Crippen LogP contribution in [0.5, 0.6) is 0 Å². The molecule has 24 heavy (non-hydrogen) atoms. The molecule has 0 spiro atoms. The molecule has 1 amide bonds. The molecule has 0 saturated carbocycles. The number of halogens is 1. The van der Waals surface area contributed by atoms with Crippen molar-refractivity contribution in [2.24, 2.45) is 0 Å². The largest absolute Gasteiger partial charge is 0.323 e. The summed E-state index contributed by atoms with van der Waals surface area (Å²) in [6.45, 7) is 1.93. The summed E-state index contributed by atoms with van der Waals surface area (Å²) in [5, 5.41) is 4.16. The summed E-state index contributed by atoms with van der Waals surface area (Å²) < 4.78 is 13.7. The minimum Gasteiger partial charge on any atom is -0.323 e. The molecule has 0 saturated heterocycles. The average molecular weight is 340 g/mol. The molecule has 1 N–H and O–H groups in total. The number of hydrogen-bond acceptors (Lipinski definition) is 3. The van der Waals surface area contributed by atoms with E-state index < -0.39 is 5.82 Å². The molecule has 0 aliphatic heterocycles. The average Bonchev–Trinajstić information content (AvgIpc) is 2.61. The third kappa shape index (κ3) is 3.74. The molecule has 2 aromatic carbocycles. The number of benzene rings is 2. The fourth-order valence-electron chi connectivity index (χ4n) is 2.36. The molecular weight excluding hydrogens is 323 g/mol. The maximum atomic E-state index is 13.7. The molecule has 0 bridgehead atoms. The zero-order chi connectivity index (χ0) is 16.9. The van der Waals surface area contributed by atoms with Gasteiger partial charge in [0.25, 0.3) is 0 Å². The quantitative estimate of drug-likeness (QED) is 0.673. The number of carbonyl (C=O) groups excluding carboxylic acids is 1. The summed E-state index contributed by atoms with van der Waals surface area (Å²) in [6.07, 6.45) is 0.624. The third-order valence-electron chi connectivity index (χ3n) is 3.63. The van der Waals surface area contributed by atoms with Crippen LogP contribution in [0.4, 0.5) is 10.1 Å². The Hall–Kier alpha value is -2.40. The van der Waals surface area contributed by atoms with Crippen molar-refractivity contribution in [3.05, 3.63) is 66.5 Å². The van der Waals surface area contributed by atoms with E-state index >= 15 is 0 Å². The topological polar surface area (TPSA) is 42.0 Å². The van der Waals surface area contributed by atoms with E-state index in [2.05, 4.69) is 10.3 Å². The van der Waals surface area contributed by atoms with E-state index in [1.165, 1.54) is 17.8 Å². The smallest absolute Gasteiger partial charge is 0.237 e. The Kier molecular flexibility index (Phi) is 5.11. The van der Waals surface area contributed by atoms with Crippen molar-refractivity contribution in [3.63, 3.8) is 0 Å². The zero-order valence-electron chi connectivity index (χ0n) is 13.2. The van der Waals surface area contributed by atoms with E-state index in [1.54, 1.807) is 18.2 Å². The van der Waals surface area contributed by atoms with Crippen LogP contribution in [-0.4, -0.2) is 16.1 Å². The molecule has 0 aliphatic rings. The highest BCUT2D eigenvalue weighted by molar-refractivity contribution is 8.00. The summed E-state index contributed by atoms with van der Waals surface area (Å²) in [5.74, 6) is -0.655. The van der Waals surface area contributed by atoms with Crippen LogP contribution < -0.4 is 5.32 Å². The van der Waals surface area contributed by atoms with Crippen LogP contribution >= 0.6 is 11.8 Å². The first-order valence-electron chi connectivity index (χ1n) is 7.75. The van der Waals surface area contributed by atoms with E-state index in [0.717, 1.165) is 15.9 Å². The minimum atomic E-state index is -0.436. The Bertz CT molecular complexity index is 869. The van der Waals surface area contributed by atoms with Crippen molar-refractivity contribution >= 4 is 34.3 Å². The second-order valence-corrected chi connectivity index (χ2v) is 6.55. The van der Waals surface area contributed by atoms with Gasteiger partial charge in [-0.3, -0.25) is 4.79 Å². The molecule has 3 aromatic rings. The van der Waals surface area contributed by atoms with Gasteiger partial charge in [0.1, 0.15) is 5.82 Å². The first-order chi connectivity index (χ1) is 11.7. The fourth-order valence-corrected chi connectivity index (χ4v) is 3.28. The van der Waals surface area contributed by atoms with Gasteiger partial charge in [-0.05, 0) is 30.7 Å². The van der Waals surface area contributed by atoms with Crippen LogP contribution in [0.1, 0.15) is 13.3 Å². The SMILES string of the molecule is CCC(Sc1ccc2ccccc2n1)C(=O)Nc1ccccc1F. The summed E-state index contributed by atoms with van der Waals surface area (Å²) in [6, 6.07) is 17.9. The highest BCUT2D eigenvalue weighted by atomic mass is 32.2. The lowest BCUT2D eigenvalue weighted by molar-refractivity contribution is -0.115. The second-order valence-electron chi connectivity index (χ2n) is 5.33. The highest BCUT2D eigenvalue weighted by Gasteiger charge is 2.19. The highest BCUT2D eigenvalue weighted by Crippen LogP contribution is 2.27.